The van der Waals surface area contributed by atoms with Crippen LogP contribution >= 0.6 is 0 Å². The summed E-state index contributed by atoms with van der Waals surface area (Å²) >= 11 is 0. The molecule has 0 radical (unpaired) electrons. The van der Waals surface area contributed by atoms with Crippen molar-refractivity contribution in [2.45, 2.75) is 19.4 Å². The highest BCUT2D eigenvalue weighted by Crippen LogP contribution is 2.28. The number of hydrogen-bond donors (Lipinski definition) is 1. The van der Waals surface area contributed by atoms with Gasteiger partial charge in [-0.15, -0.1) is 0 Å². The van der Waals surface area contributed by atoms with E-state index in [-0.39, 0.29) is 5.91 Å². The first-order valence-electron chi connectivity index (χ1n) is 5.70. The molecule has 86 valence electrons. The molecule has 3 rings (SSSR count). The summed E-state index contributed by atoms with van der Waals surface area (Å²) < 4.78 is 4.82. The molecule has 0 spiro atoms. The van der Waals surface area contributed by atoms with Crippen LogP contribution in [0.4, 0.5) is 0 Å². The molecule has 1 aromatic heterocycles. The van der Waals surface area contributed by atoms with Crippen LogP contribution in [0.5, 0.6) is 0 Å². The molecular formula is C11H15N3O2. The second kappa shape index (κ2) is 3.59. The molecule has 5 nitrogen and oxygen atoms in total. The second-order valence-electron chi connectivity index (χ2n) is 4.59. The summed E-state index contributed by atoms with van der Waals surface area (Å²) in [6, 6.07) is 0.363. The van der Waals surface area contributed by atoms with E-state index in [4.69, 9.17) is 4.52 Å². The normalized spacial score (nSPS) is 28.4. The number of nitrogens with one attached hydrogen (secondary N) is 1. The fourth-order valence-electron chi connectivity index (χ4n) is 2.75. The topological polar surface area (TPSA) is 58.4 Å². The highest BCUT2D eigenvalue weighted by Gasteiger charge is 2.40. The van der Waals surface area contributed by atoms with Crippen molar-refractivity contribution in [3.05, 3.63) is 17.5 Å². The van der Waals surface area contributed by atoms with Gasteiger partial charge in [-0.2, -0.15) is 0 Å². The maximum absolute atomic E-state index is 12.3. The fourth-order valence-corrected chi connectivity index (χ4v) is 2.75. The van der Waals surface area contributed by atoms with Gasteiger partial charge in [0.25, 0.3) is 5.91 Å². The molecule has 2 atom stereocenters. The standard InChI is InChI=1S/C11H15N3O2/c1-7-9(6-16-13-7)11(15)14-3-2-8-4-12-5-10(8)14/h6,8,10,12H,2-5H2,1H3. The number of carbonyl (C=O) groups excluding carboxylic acids is 1. The minimum absolute atomic E-state index is 0.0648. The van der Waals surface area contributed by atoms with Gasteiger partial charge in [-0.3, -0.25) is 4.79 Å². The number of rotatable bonds is 1. The van der Waals surface area contributed by atoms with Gasteiger partial charge >= 0.3 is 0 Å². The Labute approximate surface area is 93.8 Å². The molecule has 0 saturated carbocycles. The van der Waals surface area contributed by atoms with Gasteiger partial charge < -0.3 is 14.7 Å². The van der Waals surface area contributed by atoms with Crippen LogP contribution in [0.15, 0.2) is 10.8 Å². The molecule has 1 amide bonds. The molecule has 0 aliphatic carbocycles. The lowest BCUT2D eigenvalue weighted by Crippen LogP contribution is -2.39. The number of fused-ring (bicyclic) bond motifs is 1. The van der Waals surface area contributed by atoms with E-state index >= 15 is 0 Å². The molecule has 2 unspecified atom stereocenters. The third-order valence-electron chi connectivity index (χ3n) is 3.69. The van der Waals surface area contributed by atoms with E-state index in [0.29, 0.717) is 23.2 Å². The van der Waals surface area contributed by atoms with Gasteiger partial charge in [0, 0.05) is 25.7 Å². The van der Waals surface area contributed by atoms with Crippen molar-refractivity contribution in [2.24, 2.45) is 5.92 Å². The van der Waals surface area contributed by atoms with Crippen LogP contribution in [0.3, 0.4) is 0 Å². The molecular weight excluding hydrogens is 206 g/mol. The van der Waals surface area contributed by atoms with Crippen molar-refractivity contribution in [3.8, 4) is 0 Å². The minimum atomic E-state index is 0.0648. The summed E-state index contributed by atoms with van der Waals surface area (Å²) in [4.78, 5) is 14.2. The van der Waals surface area contributed by atoms with Gasteiger partial charge in [0.1, 0.15) is 11.8 Å². The van der Waals surface area contributed by atoms with Crippen molar-refractivity contribution in [1.82, 2.24) is 15.4 Å². The number of aromatic nitrogens is 1. The van der Waals surface area contributed by atoms with Crippen molar-refractivity contribution < 1.29 is 9.32 Å². The molecule has 5 heteroatoms. The molecule has 1 N–H and O–H groups in total. The summed E-state index contributed by atoms with van der Waals surface area (Å²) in [5.74, 6) is 0.694. The molecule has 2 saturated heterocycles. The van der Waals surface area contributed by atoms with E-state index in [9.17, 15) is 4.79 Å². The zero-order valence-corrected chi connectivity index (χ0v) is 9.27. The van der Waals surface area contributed by atoms with Crippen molar-refractivity contribution in [1.29, 1.82) is 0 Å². The smallest absolute Gasteiger partial charge is 0.259 e. The molecule has 16 heavy (non-hydrogen) atoms. The summed E-state index contributed by atoms with van der Waals surface area (Å²) in [6.45, 7) is 4.62. The number of likely N-dealkylation sites (tertiary alicyclic amines) is 1. The third kappa shape index (κ3) is 1.35. The van der Waals surface area contributed by atoms with E-state index in [1.165, 1.54) is 6.26 Å². The largest absolute Gasteiger partial charge is 0.364 e. The number of nitrogens with zero attached hydrogens (tertiary/aromatic N) is 2. The van der Waals surface area contributed by atoms with Crippen LogP contribution in [0.25, 0.3) is 0 Å². The van der Waals surface area contributed by atoms with Gasteiger partial charge in [0.05, 0.1) is 5.69 Å². The quantitative estimate of drug-likeness (QED) is 0.746. The molecule has 0 aromatic carbocycles. The Morgan fingerprint density at radius 3 is 3.25 bits per heavy atom. The highest BCUT2D eigenvalue weighted by atomic mass is 16.5. The van der Waals surface area contributed by atoms with Gasteiger partial charge in [-0.1, -0.05) is 5.16 Å². The van der Waals surface area contributed by atoms with Crippen LogP contribution < -0.4 is 5.32 Å². The number of amides is 1. The van der Waals surface area contributed by atoms with E-state index in [1.807, 2.05) is 4.90 Å². The van der Waals surface area contributed by atoms with Gasteiger partial charge in [-0.25, -0.2) is 0 Å². The first-order chi connectivity index (χ1) is 7.77. The van der Waals surface area contributed by atoms with E-state index < -0.39 is 0 Å². The van der Waals surface area contributed by atoms with E-state index in [0.717, 1.165) is 26.1 Å². The van der Waals surface area contributed by atoms with Crippen LogP contribution in [0, 0.1) is 12.8 Å². The van der Waals surface area contributed by atoms with Crippen LogP contribution in [0.1, 0.15) is 22.5 Å². The molecule has 2 aliphatic heterocycles. The van der Waals surface area contributed by atoms with E-state index in [1.54, 1.807) is 6.92 Å². The van der Waals surface area contributed by atoms with Crippen molar-refractivity contribution >= 4 is 5.91 Å². The third-order valence-corrected chi connectivity index (χ3v) is 3.69. The zero-order valence-electron chi connectivity index (χ0n) is 9.27. The van der Waals surface area contributed by atoms with Gasteiger partial charge in [0.2, 0.25) is 0 Å². The van der Waals surface area contributed by atoms with E-state index in [2.05, 4.69) is 10.5 Å². The number of hydrogen-bond acceptors (Lipinski definition) is 4. The fraction of sp³-hybridized carbons (Fsp3) is 0.636. The van der Waals surface area contributed by atoms with Crippen LogP contribution in [-0.2, 0) is 0 Å². The Kier molecular flexibility index (Phi) is 2.21. The zero-order chi connectivity index (χ0) is 11.1. The summed E-state index contributed by atoms with van der Waals surface area (Å²) in [5.41, 5.74) is 1.28. The maximum Gasteiger partial charge on any atom is 0.259 e. The summed E-state index contributed by atoms with van der Waals surface area (Å²) in [5, 5.41) is 7.09. The monoisotopic (exact) mass is 221 g/mol. The molecule has 3 heterocycles. The van der Waals surface area contributed by atoms with Crippen LogP contribution in [0.2, 0.25) is 0 Å². The number of aryl methyl sites for hydroxylation is 1. The highest BCUT2D eigenvalue weighted by molar-refractivity contribution is 5.95. The minimum Gasteiger partial charge on any atom is -0.364 e. The summed E-state index contributed by atoms with van der Waals surface area (Å²) in [6.07, 6.45) is 2.56. The Balaban J connectivity index is 1.83. The Hall–Kier alpha value is -1.36. The maximum atomic E-state index is 12.3. The Morgan fingerprint density at radius 1 is 1.62 bits per heavy atom. The number of carbonyl (C=O) groups is 1. The van der Waals surface area contributed by atoms with Crippen LogP contribution in [-0.4, -0.2) is 41.6 Å². The first kappa shape index (κ1) is 9.84. The molecule has 0 bridgehead atoms. The molecule has 2 fully saturated rings. The average molecular weight is 221 g/mol. The predicted octanol–water partition coefficient (Wildman–Crippen LogP) is 0.417. The van der Waals surface area contributed by atoms with Gasteiger partial charge in [-0.05, 0) is 19.3 Å². The lowest BCUT2D eigenvalue weighted by molar-refractivity contribution is 0.0735. The lowest BCUT2D eigenvalue weighted by Gasteiger charge is -2.22. The summed E-state index contributed by atoms with van der Waals surface area (Å²) in [7, 11) is 0. The van der Waals surface area contributed by atoms with Crippen molar-refractivity contribution in [3.63, 3.8) is 0 Å². The SMILES string of the molecule is Cc1nocc1C(=O)N1CCC2CNCC21. The Bertz CT molecular complexity index is 415. The molecule has 2 aliphatic rings. The first-order valence-corrected chi connectivity index (χ1v) is 5.70. The molecule has 1 aromatic rings. The lowest BCUT2D eigenvalue weighted by atomic mass is 10.0. The van der Waals surface area contributed by atoms with Gasteiger partial charge in [0.15, 0.2) is 0 Å². The average Bonchev–Trinajstić information content (AvgIpc) is 2.90. The predicted molar refractivity (Wildman–Crippen MR) is 57.0 cm³/mol. The second-order valence-corrected chi connectivity index (χ2v) is 4.59. The Morgan fingerprint density at radius 2 is 2.50 bits per heavy atom. The van der Waals surface area contributed by atoms with Crippen molar-refractivity contribution in [2.75, 3.05) is 19.6 Å².